The fourth-order valence-electron chi connectivity index (χ4n) is 2.05. The van der Waals surface area contributed by atoms with Gasteiger partial charge in [-0.25, -0.2) is 0 Å². The van der Waals surface area contributed by atoms with Crippen molar-refractivity contribution in [2.24, 2.45) is 0 Å². The summed E-state index contributed by atoms with van der Waals surface area (Å²) >= 11 is 0. The quantitative estimate of drug-likeness (QED) is 0.585. The molecule has 0 N–H and O–H groups in total. The van der Waals surface area contributed by atoms with Crippen LogP contribution >= 0.6 is 0 Å². The number of carbonyl (C=O) groups excluding carboxylic acids is 1. The second-order valence-corrected chi connectivity index (χ2v) is 4.74. The molecule has 112 valence electrons. The molecule has 0 aromatic heterocycles. The minimum Gasteiger partial charge on any atom is -0.464 e. The van der Waals surface area contributed by atoms with Gasteiger partial charge in [-0.3, -0.25) is 4.79 Å². The Kier molecular flexibility index (Phi) is 8.67. The van der Waals surface area contributed by atoms with Gasteiger partial charge in [-0.2, -0.15) is 0 Å². The molecular weight excluding hydrogens is 256 g/mol. The van der Waals surface area contributed by atoms with E-state index in [0.717, 1.165) is 18.4 Å². The molecular formula is C16H24O4. The minimum atomic E-state index is -0.0947. The van der Waals surface area contributed by atoms with Gasteiger partial charge in [0.25, 0.3) is 6.47 Å². The lowest BCUT2D eigenvalue weighted by atomic mass is 10.1. The van der Waals surface area contributed by atoms with Crippen molar-refractivity contribution >= 4 is 6.47 Å². The number of ether oxygens (including phenoxy) is 3. The van der Waals surface area contributed by atoms with Crippen LogP contribution in [-0.2, 0) is 25.6 Å². The van der Waals surface area contributed by atoms with Crippen LogP contribution in [0.4, 0.5) is 0 Å². The molecule has 0 aliphatic rings. The summed E-state index contributed by atoms with van der Waals surface area (Å²) in [4.78, 5) is 10.5. The maximum atomic E-state index is 10.5. The topological polar surface area (TPSA) is 44.8 Å². The van der Waals surface area contributed by atoms with E-state index >= 15 is 0 Å². The number of carbonyl (C=O) groups is 1. The van der Waals surface area contributed by atoms with E-state index in [1.165, 1.54) is 0 Å². The van der Waals surface area contributed by atoms with Crippen LogP contribution in [0.5, 0.6) is 0 Å². The van der Waals surface area contributed by atoms with Gasteiger partial charge in [-0.05, 0) is 12.0 Å². The van der Waals surface area contributed by atoms with E-state index in [0.29, 0.717) is 26.1 Å². The van der Waals surface area contributed by atoms with E-state index in [1.807, 2.05) is 30.3 Å². The molecule has 4 heteroatoms. The SMILES string of the molecule is CCC[C@@H](C[C@@H](COCc1ccccc1)OC)OC=O. The molecule has 0 spiro atoms. The van der Waals surface area contributed by atoms with Gasteiger partial charge in [0.15, 0.2) is 0 Å². The van der Waals surface area contributed by atoms with Crippen LogP contribution in [0.2, 0.25) is 0 Å². The van der Waals surface area contributed by atoms with Crippen LogP contribution < -0.4 is 0 Å². The highest BCUT2D eigenvalue weighted by atomic mass is 16.5. The number of benzene rings is 1. The standard InChI is InChI=1S/C16H24O4/c1-3-7-15(20-13-17)10-16(18-2)12-19-11-14-8-5-4-6-9-14/h4-6,8-9,13,15-16H,3,7,10-12H2,1-2H3/t15-,16-/m0/s1. The Balaban J connectivity index is 2.32. The predicted octanol–water partition coefficient (Wildman–Crippen LogP) is 2.95. The lowest BCUT2D eigenvalue weighted by Crippen LogP contribution is -2.26. The van der Waals surface area contributed by atoms with Crippen LogP contribution in [-0.4, -0.2) is 32.4 Å². The zero-order valence-corrected chi connectivity index (χ0v) is 12.3. The van der Waals surface area contributed by atoms with Crippen molar-refractivity contribution in [3.63, 3.8) is 0 Å². The third-order valence-corrected chi connectivity index (χ3v) is 3.13. The minimum absolute atomic E-state index is 0.0600. The molecule has 0 radical (unpaired) electrons. The molecule has 0 unspecified atom stereocenters. The van der Waals surface area contributed by atoms with E-state index in [-0.39, 0.29) is 12.2 Å². The van der Waals surface area contributed by atoms with Crippen LogP contribution in [0.25, 0.3) is 0 Å². The Morgan fingerprint density at radius 2 is 1.95 bits per heavy atom. The van der Waals surface area contributed by atoms with Gasteiger partial charge < -0.3 is 14.2 Å². The zero-order valence-electron chi connectivity index (χ0n) is 12.3. The van der Waals surface area contributed by atoms with Crippen molar-refractivity contribution in [3.8, 4) is 0 Å². The lowest BCUT2D eigenvalue weighted by molar-refractivity contribution is -0.136. The van der Waals surface area contributed by atoms with Gasteiger partial charge in [0.2, 0.25) is 0 Å². The second-order valence-electron chi connectivity index (χ2n) is 4.74. The lowest BCUT2D eigenvalue weighted by Gasteiger charge is -2.21. The van der Waals surface area contributed by atoms with Crippen molar-refractivity contribution in [2.75, 3.05) is 13.7 Å². The van der Waals surface area contributed by atoms with E-state index in [9.17, 15) is 4.79 Å². The molecule has 0 bridgehead atoms. The fourth-order valence-corrected chi connectivity index (χ4v) is 2.05. The third-order valence-electron chi connectivity index (χ3n) is 3.13. The Hall–Kier alpha value is -1.39. The summed E-state index contributed by atoms with van der Waals surface area (Å²) in [7, 11) is 1.65. The Labute approximate surface area is 121 Å². The maximum Gasteiger partial charge on any atom is 0.293 e. The number of methoxy groups -OCH3 is 1. The molecule has 4 nitrogen and oxygen atoms in total. The van der Waals surface area contributed by atoms with Crippen molar-refractivity contribution in [1.82, 2.24) is 0 Å². The van der Waals surface area contributed by atoms with Crippen molar-refractivity contribution < 1.29 is 19.0 Å². The number of rotatable bonds is 11. The van der Waals surface area contributed by atoms with Crippen LogP contribution in [0.1, 0.15) is 31.7 Å². The largest absolute Gasteiger partial charge is 0.464 e. The second kappa shape index (κ2) is 10.4. The average Bonchev–Trinajstić information content (AvgIpc) is 2.47. The summed E-state index contributed by atoms with van der Waals surface area (Å²) in [5.74, 6) is 0. The normalized spacial score (nSPS) is 13.7. The summed E-state index contributed by atoms with van der Waals surface area (Å²) in [5.41, 5.74) is 1.14. The van der Waals surface area contributed by atoms with Gasteiger partial charge >= 0.3 is 0 Å². The molecule has 1 rings (SSSR count). The first kappa shape index (κ1) is 16.7. The summed E-state index contributed by atoms with van der Waals surface area (Å²) in [6.45, 7) is 3.63. The van der Waals surface area contributed by atoms with Gasteiger partial charge in [0.05, 0.1) is 19.3 Å². The maximum absolute atomic E-state index is 10.5. The molecule has 0 saturated carbocycles. The highest BCUT2D eigenvalue weighted by Gasteiger charge is 2.16. The van der Waals surface area contributed by atoms with Crippen molar-refractivity contribution in [1.29, 1.82) is 0 Å². The summed E-state index contributed by atoms with van der Waals surface area (Å²) in [6, 6.07) is 10.0. The van der Waals surface area contributed by atoms with Crippen LogP contribution in [0, 0.1) is 0 Å². The first-order chi connectivity index (χ1) is 9.80. The van der Waals surface area contributed by atoms with Crippen molar-refractivity contribution in [3.05, 3.63) is 35.9 Å². The predicted molar refractivity (Wildman–Crippen MR) is 77.4 cm³/mol. The van der Waals surface area contributed by atoms with Crippen LogP contribution in [0.3, 0.4) is 0 Å². The molecule has 20 heavy (non-hydrogen) atoms. The Morgan fingerprint density at radius 1 is 1.20 bits per heavy atom. The molecule has 0 aliphatic carbocycles. The van der Waals surface area contributed by atoms with Gasteiger partial charge in [0, 0.05) is 13.5 Å². The first-order valence-corrected chi connectivity index (χ1v) is 7.03. The van der Waals surface area contributed by atoms with Crippen molar-refractivity contribution in [2.45, 2.75) is 45.0 Å². The molecule has 0 saturated heterocycles. The Bertz CT molecular complexity index is 353. The molecule has 2 atom stereocenters. The van der Waals surface area contributed by atoms with E-state index in [2.05, 4.69) is 6.92 Å². The highest BCUT2D eigenvalue weighted by molar-refractivity contribution is 5.37. The molecule has 0 amide bonds. The van der Waals surface area contributed by atoms with E-state index < -0.39 is 0 Å². The average molecular weight is 280 g/mol. The summed E-state index contributed by atoms with van der Waals surface area (Å²) in [6.07, 6.45) is 2.33. The van der Waals surface area contributed by atoms with Gasteiger partial charge in [-0.1, -0.05) is 43.7 Å². The first-order valence-electron chi connectivity index (χ1n) is 7.03. The smallest absolute Gasteiger partial charge is 0.293 e. The fraction of sp³-hybridized carbons (Fsp3) is 0.562. The molecule has 1 aromatic rings. The van der Waals surface area contributed by atoms with E-state index in [1.54, 1.807) is 7.11 Å². The molecule has 1 aromatic carbocycles. The van der Waals surface area contributed by atoms with Gasteiger partial charge in [0.1, 0.15) is 6.10 Å². The number of hydrogen-bond acceptors (Lipinski definition) is 4. The van der Waals surface area contributed by atoms with Gasteiger partial charge in [-0.15, -0.1) is 0 Å². The summed E-state index contributed by atoms with van der Waals surface area (Å²) in [5, 5.41) is 0. The molecule has 0 heterocycles. The van der Waals surface area contributed by atoms with E-state index in [4.69, 9.17) is 14.2 Å². The Morgan fingerprint density at radius 3 is 2.55 bits per heavy atom. The number of hydrogen-bond donors (Lipinski definition) is 0. The third kappa shape index (κ3) is 6.68. The van der Waals surface area contributed by atoms with Crippen LogP contribution in [0.15, 0.2) is 30.3 Å². The monoisotopic (exact) mass is 280 g/mol. The summed E-state index contributed by atoms with van der Waals surface area (Å²) < 4.78 is 16.1. The molecule has 0 fully saturated rings. The molecule has 0 aliphatic heterocycles. The highest BCUT2D eigenvalue weighted by Crippen LogP contribution is 2.12. The zero-order chi connectivity index (χ0) is 14.6.